The van der Waals surface area contributed by atoms with Gasteiger partial charge in [0.25, 0.3) is 15.9 Å². The van der Waals surface area contributed by atoms with Gasteiger partial charge in [0.05, 0.1) is 23.4 Å². The molecule has 9 nitrogen and oxygen atoms in total. The predicted octanol–water partition coefficient (Wildman–Crippen LogP) is 3.25. The lowest BCUT2D eigenvalue weighted by atomic mass is 9.98. The maximum Gasteiger partial charge on any atom is 0.326 e. The third-order valence-corrected chi connectivity index (χ3v) is 9.97. The highest BCUT2D eigenvalue weighted by Crippen LogP contribution is 2.27. The first-order valence-corrected chi connectivity index (χ1v) is 14.5. The third-order valence-electron chi connectivity index (χ3n) is 5.66. The smallest absolute Gasteiger partial charge is 0.326 e. The van der Waals surface area contributed by atoms with E-state index >= 15 is 0 Å². The molecule has 1 aromatic carbocycles. The number of aromatic nitrogens is 1. The maximum absolute atomic E-state index is 13.1. The van der Waals surface area contributed by atoms with Crippen molar-refractivity contribution in [1.82, 2.24) is 8.87 Å². The number of piperidine rings is 1. The second-order valence-electron chi connectivity index (χ2n) is 7.90. The van der Waals surface area contributed by atoms with Crippen molar-refractivity contribution in [2.24, 2.45) is 10.9 Å². The van der Waals surface area contributed by atoms with Gasteiger partial charge in [0.1, 0.15) is 16.5 Å². The molecule has 1 aliphatic rings. The van der Waals surface area contributed by atoms with Crippen molar-refractivity contribution < 1.29 is 27.5 Å². The van der Waals surface area contributed by atoms with Gasteiger partial charge in [0.15, 0.2) is 4.80 Å². The Morgan fingerprint density at radius 1 is 1.14 bits per heavy atom. The number of fused-ring (bicyclic) bond motifs is 1. The zero-order valence-electron chi connectivity index (χ0n) is 19.5. The molecule has 3 heterocycles. The molecule has 0 aliphatic carbocycles. The summed E-state index contributed by atoms with van der Waals surface area (Å²) in [6.45, 7) is 4.88. The van der Waals surface area contributed by atoms with Crippen molar-refractivity contribution in [3.8, 4) is 5.75 Å². The molecule has 0 unspecified atom stereocenters. The average molecular weight is 538 g/mol. The maximum atomic E-state index is 13.1. The Morgan fingerprint density at radius 3 is 2.57 bits per heavy atom. The van der Waals surface area contributed by atoms with Gasteiger partial charge in [-0.05, 0) is 56.3 Å². The third kappa shape index (κ3) is 5.66. The topological polar surface area (TPSA) is 107 Å². The number of carbonyl (C=O) groups excluding carboxylic acids is 2. The molecule has 188 valence electrons. The number of hydrogen-bond acceptors (Lipinski definition) is 8. The quantitative estimate of drug-likeness (QED) is 0.408. The molecule has 2 aromatic heterocycles. The lowest BCUT2D eigenvalue weighted by Crippen LogP contribution is -2.40. The van der Waals surface area contributed by atoms with Crippen LogP contribution in [0.15, 0.2) is 44.9 Å². The molecule has 35 heavy (non-hydrogen) atoms. The lowest BCUT2D eigenvalue weighted by Gasteiger charge is -2.29. The van der Waals surface area contributed by atoms with E-state index in [-0.39, 0.29) is 38.1 Å². The molecule has 12 heteroatoms. The summed E-state index contributed by atoms with van der Waals surface area (Å²) in [5.74, 6) is -0.416. The molecule has 0 N–H and O–H groups in total. The zero-order valence-corrected chi connectivity index (χ0v) is 22.0. The summed E-state index contributed by atoms with van der Waals surface area (Å²) in [6, 6.07) is 8.82. The van der Waals surface area contributed by atoms with Gasteiger partial charge in [-0.3, -0.25) is 9.59 Å². The highest BCUT2D eigenvalue weighted by molar-refractivity contribution is 7.91. The summed E-state index contributed by atoms with van der Waals surface area (Å²) < 4.78 is 40.5. The molecule has 0 bridgehead atoms. The van der Waals surface area contributed by atoms with Crippen molar-refractivity contribution in [3.63, 3.8) is 0 Å². The highest BCUT2D eigenvalue weighted by Gasteiger charge is 2.32. The van der Waals surface area contributed by atoms with Gasteiger partial charge >= 0.3 is 5.97 Å². The number of nitrogens with zero attached hydrogens (tertiary/aromatic N) is 3. The number of esters is 1. The van der Waals surface area contributed by atoms with E-state index in [0.717, 1.165) is 10.2 Å². The van der Waals surface area contributed by atoms with E-state index in [4.69, 9.17) is 9.47 Å². The van der Waals surface area contributed by atoms with Gasteiger partial charge in [-0.2, -0.15) is 9.30 Å². The van der Waals surface area contributed by atoms with E-state index in [1.54, 1.807) is 29.0 Å². The number of sulfonamides is 1. The first kappa shape index (κ1) is 25.5. The van der Waals surface area contributed by atoms with Crippen LogP contribution in [0.25, 0.3) is 10.2 Å². The fourth-order valence-corrected chi connectivity index (χ4v) is 7.63. The zero-order chi connectivity index (χ0) is 25.0. The molecule has 0 spiro atoms. The van der Waals surface area contributed by atoms with E-state index in [1.165, 1.54) is 27.0 Å². The number of thiazole rings is 1. The summed E-state index contributed by atoms with van der Waals surface area (Å²) in [6.07, 6.45) is 0.786. The van der Waals surface area contributed by atoms with E-state index in [0.29, 0.717) is 34.2 Å². The van der Waals surface area contributed by atoms with Gasteiger partial charge in [0, 0.05) is 19.0 Å². The molecule has 1 aliphatic heterocycles. The largest absolute Gasteiger partial charge is 0.494 e. The van der Waals surface area contributed by atoms with Crippen LogP contribution in [0.1, 0.15) is 26.7 Å². The molecule has 4 rings (SSSR count). The van der Waals surface area contributed by atoms with Crippen LogP contribution in [0.5, 0.6) is 5.75 Å². The van der Waals surface area contributed by atoms with Crippen LogP contribution < -0.4 is 9.54 Å². The van der Waals surface area contributed by atoms with Crippen LogP contribution in [-0.4, -0.2) is 55.5 Å². The van der Waals surface area contributed by atoms with E-state index in [2.05, 4.69) is 4.99 Å². The van der Waals surface area contributed by atoms with Crippen molar-refractivity contribution >= 4 is 54.8 Å². The van der Waals surface area contributed by atoms with Crippen LogP contribution in [-0.2, 0) is 30.9 Å². The predicted molar refractivity (Wildman–Crippen MR) is 134 cm³/mol. The molecule has 1 fully saturated rings. The molecule has 3 aromatic rings. The fourth-order valence-electron chi connectivity index (χ4n) is 3.95. The minimum absolute atomic E-state index is 0.0641. The van der Waals surface area contributed by atoms with Crippen LogP contribution >= 0.6 is 22.7 Å². The fraction of sp³-hybridized carbons (Fsp3) is 0.435. The van der Waals surface area contributed by atoms with Crippen molar-refractivity contribution in [2.45, 2.75) is 37.4 Å². The Kier molecular flexibility index (Phi) is 8.05. The summed E-state index contributed by atoms with van der Waals surface area (Å²) in [5, 5.41) is 1.73. The van der Waals surface area contributed by atoms with Crippen LogP contribution in [0.2, 0.25) is 0 Å². The normalized spacial score (nSPS) is 16.0. The van der Waals surface area contributed by atoms with Gasteiger partial charge in [0.2, 0.25) is 0 Å². The Labute approximate surface area is 211 Å². The number of thiophene rings is 1. The first-order chi connectivity index (χ1) is 16.8. The highest BCUT2D eigenvalue weighted by atomic mass is 32.2. The molecule has 1 saturated heterocycles. The van der Waals surface area contributed by atoms with E-state index in [9.17, 15) is 18.0 Å². The summed E-state index contributed by atoms with van der Waals surface area (Å²) in [4.78, 5) is 30.1. The van der Waals surface area contributed by atoms with Crippen molar-refractivity contribution in [1.29, 1.82) is 0 Å². The second kappa shape index (κ2) is 11.0. The number of hydrogen-bond donors (Lipinski definition) is 0. The Morgan fingerprint density at radius 2 is 1.91 bits per heavy atom. The summed E-state index contributed by atoms with van der Waals surface area (Å²) in [5.41, 5.74) is 0.759. The summed E-state index contributed by atoms with van der Waals surface area (Å²) >= 11 is 2.49. The molecule has 0 radical (unpaired) electrons. The standard InChI is InChI=1S/C23H27N3O6S3/c1-3-31-17-7-8-18-19(14-17)34-23(26(18)15-20(27)32-4-2)24-22(28)16-9-11-25(12-10-16)35(29,30)21-6-5-13-33-21/h5-8,13-14,16H,3-4,9-12,15H2,1-2H3. The molecule has 0 atom stereocenters. The van der Waals surface area contributed by atoms with Crippen LogP contribution in [0, 0.1) is 5.92 Å². The van der Waals surface area contributed by atoms with Gasteiger partial charge in [-0.1, -0.05) is 17.4 Å². The monoisotopic (exact) mass is 537 g/mol. The van der Waals surface area contributed by atoms with Crippen LogP contribution in [0.4, 0.5) is 0 Å². The number of rotatable bonds is 8. The number of benzene rings is 1. The van der Waals surface area contributed by atoms with Gasteiger partial charge < -0.3 is 14.0 Å². The van der Waals surface area contributed by atoms with E-state index < -0.39 is 16.0 Å². The van der Waals surface area contributed by atoms with Gasteiger partial charge in [-0.25, -0.2) is 8.42 Å². The molecule has 1 amide bonds. The Bertz CT molecular complexity index is 1370. The van der Waals surface area contributed by atoms with Crippen molar-refractivity contribution in [2.75, 3.05) is 26.3 Å². The van der Waals surface area contributed by atoms with E-state index in [1.807, 2.05) is 25.1 Å². The molecule has 0 saturated carbocycles. The Balaban J connectivity index is 1.57. The second-order valence-corrected chi connectivity index (χ2v) is 12.0. The Hall–Kier alpha value is -2.54. The lowest BCUT2D eigenvalue weighted by molar-refractivity contribution is -0.143. The first-order valence-electron chi connectivity index (χ1n) is 11.4. The van der Waals surface area contributed by atoms with Gasteiger partial charge in [-0.15, -0.1) is 11.3 Å². The minimum atomic E-state index is -3.53. The minimum Gasteiger partial charge on any atom is -0.494 e. The number of ether oxygens (including phenoxy) is 2. The number of carbonyl (C=O) groups is 2. The summed E-state index contributed by atoms with van der Waals surface area (Å²) in [7, 11) is -3.53. The van der Waals surface area contributed by atoms with Crippen molar-refractivity contribution in [3.05, 3.63) is 40.5 Å². The average Bonchev–Trinajstić information content (AvgIpc) is 3.49. The molecular formula is C23H27N3O6S3. The van der Waals surface area contributed by atoms with Crippen LogP contribution in [0.3, 0.4) is 0 Å². The molecular weight excluding hydrogens is 510 g/mol. The SMILES string of the molecule is CCOC(=O)Cn1c(=NC(=O)C2CCN(S(=O)(=O)c3cccs3)CC2)sc2cc(OCC)ccc21. The number of amides is 1.